The zero-order valence-electron chi connectivity index (χ0n) is 12.7. The summed E-state index contributed by atoms with van der Waals surface area (Å²) in [4.78, 5) is 14.6. The van der Waals surface area contributed by atoms with Crippen LogP contribution in [0.15, 0.2) is 59.8 Å². The topological polar surface area (TPSA) is 104 Å². The van der Waals surface area contributed by atoms with Crippen molar-refractivity contribution >= 4 is 38.3 Å². The maximum atomic E-state index is 12.6. The highest BCUT2D eigenvalue weighted by Gasteiger charge is 2.17. The molecule has 0 fully saturated rings. The zero-order valence-corrected chi connectivity index (χ0v) is 14.3. The third kappa shape index (κ3) is 2.97. The molecule has 0 aliphatic carbocycles. The van der Waals surface area contributed by atoms with Crippen LogP contribution in [0, 0.1) is 0 Å². The van der Waals surface area contributed by atoms with Gasteiger partial charge in [-0.3, -0.25) is 4.72 Å². The summed E-state index contributed by atoms with van der Waals surface area (Å²) in [6, 6.07) is 11.3. The van der Waals surface area contributed by atoms with Gasteiger partial charge < -0.3 is 9.97 Å². The number of halogens is 1. The number of sulfonamides is 1. The van der Waals surface area contributed by atoms with Gasteiger partial charge in [0.15, 0.2) is 11.6 Å². The summed E-state index contributed by atoms with van der Waals surface area (Å²) in [5.41, 5.74) is 1.55. The minimum Gasteiger partial charge on any atom is -0.342 e. The van der Waals surface area contributed by atoms with E-state index in [0.29, 0.717) is 33.4 Å². The largest absolute Gasteiger partial charge is 0.342 e. The molecule has 25 heavy (non-hydrogen) atoms. The number of hydrogen-bond acceptors (Lipinski definition) is 4. The zero-order chi connectivity index (χ0) is 17.4. The van der Waals surface area contributed by atoms with Crippen molar-refractivity contribution in [2.45, 2.75) is 4.90 Å². The van der Waals surface area contributed by atoms with Gasteiger partial charge in [-0.15, -0.1) is 0 Å². The van der Waals surface area contributed by atoms with E-state index < -0.39 is 10.0 Å². The second-order valence-electron chi connectivity index (χ2n) is 5.29. The van der Waals surface area contributed by atoms with Crippen molar-refractivity contribution in [1.82, 2.24) is 19.9 Å². The van der Waals surface area contributed by atoms with Crippen molar-refractivity contribution in [3.8, 4) is 11.6 Å². The first-order valence-electron chi connectivity index (χ1n) is 7.30. The molecular formula is C16H12ClN5O2S. The Hall–Kier alpha value is -2.84. The third-order valence-corrected chi connectivity index (χ3v) is 5.30. The number of fused-ring (bicyclic) bond motifs is 1. The average Bonchev–Trinajstić information content (AvgIpc) is 3.25. The second-order valence-corrected chi connectivity index (χ2v) is 7.38. The van der Waals surface area contributed by atoms with Crippen molar-refractivity contribution in [2.24, 2.45) is 0 Å². The first-order valence-corrected chi connectivity index (χ1v) is 9.16. The summed E-state index contributed by atoms with van der Waals surface area (Å²) in [7, 11) is -3.78. The molecule has 0 aliphatic rings. The number of H-pyrrole nitrogens is 2. The van der Waals surface area contributed by atoms with Gasteiger partial charge in [0, 0.05) is 12.4 Å². The third-order valence-electron chi connectivity index (χ3n) is 3.61. The predicted octanol–water partition coefficient (Wildman–Crippen LogP) is 3.41. The van der Waals surface area contributed by atoms with E-state index in [4.69, 9.17) is 11.6 Å². The molecule has 0 aliphatic heterocycles. The smallest absolute Gasteiger partial charge is 0.262 e. The standard InChI is InChI=1S/C16H12ClN5O2S/c17-11-3-1-2-4-12(11)22-25(23,24)10-5-6-13-14(9-10)21-16(20-13)15-18-7-8-19-15/h1-9,22H,(H,18,19)(H,20,21). The Morgan fingerprint density at radius 1 is 1.08 bits per heavy atom. The molecule has 0 unspecified atom stereocenters. The minimum absolute atomic E-state index is 0.0948. The molecule has 0 saturated heterocycles. The summed E-state index contributed by atoms with van der Waals surface area (Å²) in [6.07, 6.45) is 3.30. The number of rotatable bonds is 4. The van der Waals surface area contributed by atoms with Crippen LogP contribution >= 0.6 is 11.6 Å². The van der Waals surface area contributed by atoms with Gasteiger partial charge in [-0.25, -0.2) is 18.4 Å². The Bertz CT molecular complexity index is 1150. The highest BCUT2D eigenvalue weighted by molar-refractivity contribution is 7.92. The Labute approximate surface area is 148 Å². The molecule has 2 aromatic heterocycles. The van der Waals surface area contributed by atoms with Gasteiger partial charge in [-0.2, -0.15) is 0 Å². The van der Waals surface area contributed by atoms with E-state index in [1.165, 1.54) is 12.1 Å². The van der Waals surface area contributed by atoms with Crippen LogP contribution in [0.1, 0.15) is 0 Å². The predicted molar refractivity (Wildman–Crippen MR) is 95.9 cm³/mol. The molecule has 2 aromatic carbocycles. The van der Waals surface area contributed by atoms with E-state index in [-0.39, 0.29) is 4.90 Å². The first kappa shape index (κ1) is 15.7. The van der Waals surface area contributed by atoms with Gasteiger partial charge >= 0.3 is 0 Å². The van der Waals surface area contributed by atoms with E-state index in [1.54, 1.807) is 42.7 Å². The number of nitrogens with zero attached hydrogens (tertiary/aromatic N) is 2. The molecule has 0 saturated carbocycles. The molecule has 0 bridgehead atoms. The molecule has 126 valence electrons. The molecule has 0 radical (unpaired) electrons. The molecule has 7 nitrogen and oxygen atoms in total. The SMILES string of the molecule is O=S(=O)(Nc1ccccc1Cl)c1ccc2[nH]c(-c3ncc[nH]3)nc2c1. The summed E-state index contributed by atoms with van der Waals surface area (Å²) in [6.45, 7) is 0. The number of imidazole rings is 2. The molecule has 9 heteroatoms. The van der Waals surface area contributed by atoms with E-state index in [9.17, 15) is 8.42 Å². The lowest BCUT2D eigenvalue weighted by atomic mass is 10.3. The maximum Gasteiger partial charge on any atom is 0.262 e. The maximum absolute atomic E-state index is 12.6. The molecule has 0 atom stereocenters. The lowest BCUT2D eigenvalue weighted by molar-refractivity contribution is 0.601. The van der Waals surface area contributed by atoms with Crippen molar-refractivity contribution in [3.05, 3.63) is 59.9 Å². The Kier molecular flexibility index (Phi) is 3.70. The van der Waals surface area contributed by atoms with Gasteiger partial charge in [-0.1, -0.05) is 23.7 Å². The van der Waals surface area contributed by atoms with Crippen molar-refractivity contribution < 1.29 is 8.42 Å². The molecule has 4 rings (SSSR count). The second kappa shape index (κ2) is 5.91. The molecule has 2 heterocycles. The van der Waals surface area contributed by atoms with Crippen molar-refractivity contribution in [2.75, 3.05) is 4.72 Å². The number of para-hydroxylation sites is 1. The van der Waals surface area contributed by atoms with E-state index in [0.717, 1.165) is 0 Å². The number of hydrogen-bond donors (Lipinski definition) is 3. The van der Waals surface area contributed by atoms with Gasteiger partial charge in [0.1, 0.15) is 0 Å². The lowest BCUT2D eigenvalue weighted by Gasteiger charge is -2.09. The summed E-state index contributed by atoms with van der Waals surface area (Å²) in [5, 5.41) is 0.326. The summed E-state index contributed by atoms with van der Waals surface area (Å²) in [5.74, 6) is 1.11. The summed E-state index contributed by atoms with van der Waals surface area (Å²) >= 11 is 6.02. The monoisotopic (exact) mass is 373 g/mol. The van der Waals surface area contributed by atoms with Crippen LogP contribution in [0.25, 0.3) is 22.7 Å². The van der Waals surface area contributed by atoms with E-state index in [2.05, 4.69) is 24.7 Å². The quantitative estimate of drug-likeness (QED) is 0.510. The number of nitrogens with one attached hydrogen (secondary N) is 3. The van der Waals surface area contributed by atoms with Crippen LogP contribution in [0.4, 0.5) is 5.69 Å². The highest BCUT2D eigenvalue weighted by atomic mass is 35.5. The summed E-state index contributed by atoms with van der Waals surface area (Å²) < 4.78 is 27.7. The molecule has 0 amide bonds. The molecule has 4 aromatic rings. The molecule has 0 spiro atoms. The first-order chi connectivity index (χ1) is 12.0. The highest BCUT2D eigenvalue weighted by Crippen LogP contribution is 2.26. The van der Waals surface area contributed by atoms with Crippen LogP contribution < -0.4 is 4.72 Å². The van der Waals surface area contributed by atoms with Crippen LogP contribution in [0.5, 0.6) is 0 Å². The number of aromatic amines is 2. The van der Waals surface area contributed by atoms with Gasteiger partial charge in [0.05, 0.1) is 26.6 Å². The van der Waals surface area contributed by atoms with Gasteiger partial charge in [0.2, 0.25) is 0 Å². The van der Waals surface area contributed by atoms with E-state index >= 15 is 0 Å². The van der Waals surface area contributed by atoms with Crippen LogP contribution in [-0.4, -0.2) is 28.4 Å². The number of anilines is 1. The van der Waals surface area contributed by atoms with E-state index in [1.807, 2.05) is 0 Å². The Morgan fingerprint density at radius 2 is 1.92 bits per heavy atom. The fraction of sp³-hybridized carbons (Fsp3) is 0. The number of aromatic nitrogens is 4. The van der Waals surface area contributed by atoms with Gasteiger partial charge in [-0.05, 0) is 30.3 Å². The van der Waals surface area contributed by atoms with Crippen LogP contribution in [0.2, 0.25) is 5.02 Å². The van der Waals surface area contributed by atoms with Crippen molar-refractivity contribution in [1.29, 1.82) is 0 Å². The minimum atomic E-state index is -3.78. The Morgan fingerprint density at radius 3 is 2.68 bits per heavy atom. The average molecular weight is 374 g/mol. The fourth-order valence-corrected chi connectivity index (χ4v) is 3.75. The Balaban J connectivity index is 1.72. The van der Waals surface area contributed by atoms with Crippen LogP contribution in [0.3, 0.4) is 0 Å². The lowest BCUT2D eigenvalue weighted by Crippen LogP contribution is -2.13. The van der Waals surface area contributed by atoms with Crippen molar-refractivity contribution in [3.63, 3.8) is 0 Å². The fourth-order valence-electron chi connectivity index (χ4n) is 2.41. The normalized spacial score (nSPS) is 11.7. The number of benzene rings is 2. The molecular weight excluding hydrogens is 362 g/mol. The van der Waals surface area contributed by atoms with Crippen LogP contribution in [-0.2, 0) is 10.0 Å². The molecule has 3 N–H and O–H groups in total. The van der Waals surface area contributed by atoms with Gasteiger partial charge in [0.25, 0.3) is 10.0 Å².